The lowest BCUT2D eigenvalue weighted by Crippen LogP contribution is -2.29. The summed E-state index contributed by atoms with van der Waals surface area (Å²) in [7, 11) is 0. The van der Waals surface area contributed by atoms with Gasteiger partial charge in [-0.2, -0.15) is 0 Å². The van der Waals surface area contributed by atoms with Crippen LogP contribution in [0.1, 0.15) is 28.7 Å². The van der Waals surface area contributed by atoms with E-state index >= 15 is 0 Å². The summed E-state index contributed by atoms with van der Waals surface area (Å²) in [6, 6.07) is 0. The Morgan fingerprint density at radius 3 is 3.12 bits per heavy atom. The van der Waals surface area contributed by atoms with Crippen molar-refractivity contribution in [3.63, 3.8) is 0 Å². The van der Waals surface area contributed by atoms with E-state index in [1.807, 2.05) is 6.92 Å². The van der Waals surface area contributed by atoms with E-state index in [4.69, 9.17) is 4.74 Å². The molecule has 0 N–H and O–H groups in total. The van der Waals surface area contributed by atoms with Gasteiger partial charge in [-0.15, -0.1) is 0 Å². The largest absolute Gasteiger partial charge is 0.377 e. The van der Waals surface area contributed by atoms with Crippen molar-refractivity contribution in [2.75, 3.05) is 24.6 Å². The van der Waals surface area contributed by atoms with E-state index in [0.29, 0.717) is 0 Å². The zero-order valence-electron chi connectivity index (χ0n) is 9.60. The molecule has 1 saturated heterocycles. The first-order valence-corrected chi connectivity index (χ1v) is 6.31. The number of anilines is 1. The molecule has 1 aliphatic heterocycles. The van der Waals surface area contributed by atoms with E-state index in [-0.39, 0.29) is 6.10 Å². The van der Waals surface area contributed by atoms with Gasteiger partial charge in [0.15, 0.2) is 11.4 Å². The number of rotatable bonds is 2. The van der Waals surface area contributed by atoms with Crippen molar-refractivity contribution in [2.24, 2.45) is 0 Å². The van der Waals surface area contributed by atoms with E-state index in [9.17, 15) is 4.79 Å². The molecule has 1 atom stereocenters. The fourth-order valence-corrected chi connectivity index (χ4v) is 2.72. The predicted octanol–water partition coefficient (Wildman–Crippen LogP) is 1.88. The van der Waals surface area contributed by atoms with Crippen LogP contribution in [0.2, 0.25) is 0 Å². The van der Waals surface area contributed by atoms with Crippen LogP contribution in [0.3, 0.4) is 0 Å². The Hall–Kier alpha value is -0.940. The van der Waals surface area contributed by atoms with Crippen molar-refractivity contribution in [1.82, 2.24) is 4.98 Å². The first-order valence-electron chi connectivity index (χ1n) is 5.50. The van der Waals surface area contributed by atoms with Crippen LogP contribution < -0.4 is 4.90 Å². The normalized spacial score (nSPS) is 21.9. The number of ether oxygens (including phenoxy) is 1. The average molecular weight is 240 g/mol. The average Bonchev–Trinajstić information content (AvgIpc) is 2.49. The van der Waals surface area contributed by atoms with Gasteiger partial charge in [0.1, 0.15) is 0 Å². The van der Waals surface area contributed by atoms with Crippen molar-refractivity contribution in [1.29, 1.82) is 0 Å². The molecule has 0 aliphatic carbocycles. The minimum atomic E-state index is 0.228. The summed E-state index contributed by atoms with van der Waals surface area (Å²) in [4.78, 5) is 18.2. The summed E-state index contributed by atoms with van der Waals surface area (Å²) in [5.41, 5.74) is 0.827. The van der Waals surface area contributed by atoms with Gasteiger partial charge in [-0.25, -0.2) is 4.98 Å². The van der Waals surface area contributed by atoms with E-state index in [2.05, 4.69) is 16.8 Å². The lowest BCUT2D eigenvalue weighted by Gasteiger charge is -2.20. The quantitative estimate of drug-likeness (QED) is 0.740. The van der Waals surface area contributed by atoms with Gasteiger partial charge in [0.05, 0.1) is 16.7 Å². The molecule has 1 fully saturated rings. The number of hydrogen-bond donors (Lipinski definition) is 0. The van der Waals surface area contributed by atoms with E-state index in [1.165, 1.54) is 11.3 Å². The zero-order chi connectivity index (χ0) is 11.5. The summed E-state index contributed by atoms with van der Waals surface area (Å²) in [5, 5.41) is 0.942. The fourth-order valence-electron chi connectivity index (χ4n) is 1.81. The number of carbonyl (C=O) groups is 1. The highest BCUT2D eigenvalue weighted by Crippen LogP contribution is 2.26. The van der Waals surface area contributed by atoms with Crippen LogP contribution in [0.15, 0.2) is 0 Å². The minimum Gasteiger partial charge on any atom is -0.377 e. The third-order valence-electron chi connectivity index (χ3n) is 2.65. The fraction of sp³-hybridized carbons (Fsp3) is 0.636. The standard InChI is InChI=1S/C11H16N2O2S/c1-8-6-13(4-3-5-15-8)11-12-9(2)10(7-14)16-11/h7-8H,3-6H2,1-2H3. The van der Waals surface area contributed by atoms with Crippen LogP contribution in [0, 0.1) is 6.92 Å². The van der Waals surface area contributed by atoms with Crippen LogP contribution in [-0.4, -0.2) is 37.1 Å². The molecule has 0 saturated carbocycles. The van der Waals surface area contributed by atoms with Gasteiger partial charge in [-0.3, -0.25) is 4.79 Å². The molecule has 1 aromatic rings. The molecule has 0 radical (unpaired) electrons. The van der Waals surface area contributed by atoms with Crippen molar-refractivity contribution >= 4 is 22.8 Å². The molecular weight excluding hydrogens is 224 g/mol. The number of thiazole rings is 1. The second-order valence-corrected chi connectivity index (χ2v) is 5.05. The molecular formula is C11H16N2O2S. The van der Waals surface area contributed by atoms with E-state index in [0.717, 1.165) is 48.1 Å². The Labute approximate surface area is 99.2 Å². The highest BCUT2D eigenvalue weighted by Gasteiger charge is 2.19. The highest BCUT2D eigenvalue weighted by molar-refractivity contribution is 7.17. The molecule has 1 aliphatic rings. The Kier molecular flexibility index (Phi) is 3.56. The topological polar surface area (TPSA) is 42.4 Å². The molecule has 0 bridgehead atoms. The maximum Gasteiger partial charge on any atom is 0.186 e. The number of aldehydes is 1. The number of hydrogen-bond acceptors (Lipinski definition) is 5. The molecule has 1 unspecified atom stereocenters. The van der Waals surface area contributed by atoms with Crippen LogP contribution in [0.5, 0.6) is 0 Å². The lowest BCUT2D eigenvalue weighted by atomic mass is 10.3. The molecule has 0 aromatic carbocycles. The Bertz CT molecular complexity index is 378. The molecule has 5 heteroatoms. The molecule has 1 aromatic heterocycles. The van der Waals surface area contributed by atoms with E-state index < -0.39 is 0 Å². The maximum atomic E-state index is 10.8. The minimum absolute atomic E-state index is 0.228. The SMILES string of the molecule is Cc1nc(N2CCCOC(C)C2)sc1C=O. The summed E-state index contributed by atoms with van der Waals surface area (Å²) >= 11 is 1.47. The Balaban J connectivity index is 2.18. The molecule has 4 nitrogen and oxygen atoms in total. The van der Waals surface area contributed by atoms with Crippen molar-refractivity contribution in [3.05, 3.63) is 10.6 Å². The summed E-state index contributed by atoms with van der Waals surface area (Å²) in [6.45, 7) is 6.56. The van der Waals surface area contributed by atoms with Gasteiger partial charge in [-0.1, -0.05) is 11.3 Å². The third kappa shape index (κ3) is 2.41. The van der Waals surface area contributed by atoms with Gasteiger partial charge in [-0.05, 0) is 20.3 Å². The highest BCUT2D eigenvalue weighted by atomic mass is 32.1. The zero-order valence-corrected chi connectivity index (χ0v) is 10.4. The van der Waals surface area contributed by atoms with Crippen molar-refractivity contribution < 1.29 is 9.53 Å². The van der Waals surface area contributed by atoms with Crippen LogP contribution in [-0.2, 0) is 4.74 Å². The van der Waals surface area contributed by atoms with Gasteiger partial charge in [0.2, 0.25) is 0 Å². The van der Waals surface area contributed by atoms with E-state index in [1.54, 1.807) is 0 Å². The van der Waals surface area contributed by atoms with Gasteiger partial charge in [0.25, 0.3) is 0 Å². The predicted molar refractivity (Wildman–Crippen MR) is 64.5 cm³/mol. The van der Waals surface area contributed by atoms with Crippen LogP contribution in [0.4, 0.5) is 5.13 Å². The molecule has 2 rings (SSSR count). The van der Waals surface area contributed by atoms with Gasteiger partial charge >= 0.3 is 0 Å². The number of aromatic nitrogens is 1. The second kappa shape index (κ2) is 4.93. The monoisotopic (exact) mass is 240 g/mol. The van der Waals surface area contributed by atoms with Crippen molar-refractivity contribution in [2.45, 2.75) is 26.4 Å². The molecule has 16 heavy (non-hydrogen) atoms. The van der Waals surface area contributed by atoms with Crippen molar-refractivity contribution in [3.8, 4) is 0 Å². The second-order valence-electron chi connectivity index (χ2n) is 4.04. The first kappa shape index (κ1) is 11.5. The smallest absolute Gasteiger partial charge is 0.186 e. The maximum absolute atomic E-state index is 10.8. The summed E-state index contributed by atoms with van der Waals surface area (Å²) in [5.74, 6) is 0. The Morgan fingerprint density at radius 2 is 2.44 bits per heavy atom. The van der Waals surface area contributed by atoms with Crippen LogP contribution >= 0.6 is 11.3 Å². The third-order valence-corrected chi connectivity index (χ3v) is 3.79. The number of carbonyl (C=O) groups excluding carboxylic acids is 1. The first-order chi connectivity index (χ1) is 7.70. The molecule has 0 amide bonds. The number of nitrogens with zero attached hydrogens (tertiary/aromatic N) is 2. The lowest BCUT2D eigenvalue weighted by molar-refractivity contribution is 0.0821. The van der Waals surface area contributed by atoms with Gasteiger partial charge in [0, 0.05) is 19.7 Å². The molecule has 0 spiro atoms. The molecule has 2 heterocycles. The van der Waals surface area contributed by atoms with Gasteiger partial charge < -0.3 is 9.64 Å². The summed E-state index contributed by atoms with van der Waals surface area (Å²) in [6.07, 6.45) is 2.12. The van der Waals surface area contributed by atoms with Crippen LogP contribution in [0.25, 0.3) is 0 Å². The summed E-state index contributed by atoms with van der Waals surface area (Å²) < 4.78 is 5.58. The molecule has 88 valence electrons. The number of aryl methyl sites for hydroxylation is 1. The Morgan fingerprint density at radius 1 is 1.62 bits per heavy atom.